The lowest BCUT2D eigenvalue weighted by molar-refractivity contribution is 0.316. The van der Waals surface area contributed by atoms with E-state index < -0.39 is 0 Å². The number of rotatable bonds is 2. The van der Waals surface area contributed by atoms with E-state index in [0.29, 0.717) is 0 Å². The minimum absolute atomic E-state index is 0.137. The minimum Gasteiger partial charge on any atom is -0.315 e. The quantitative estimate of drug-likeness (QED) is 0.703. The van der Waals surface area contributed by atoms with Gasteiger partial charge in [0.05, 0.1) is 0 Å². The van der Waals surface area contributed by atoms with E-state index in [2.05, 4.69) is 0 Å². The van der Waals surface area contributed by atoms with Crippen molar-refractivity contribution in [3.8, 4) is 0 Å². The molecule has 1 fully saturated rings. The average Bonchev–Trinajstić information content (AvgIpc) is 2.23. The number of pyridine rings is 1. The van der Waals surface area contributed by atoms with Crippen molar-refractivity contribution in [2.45, 2.75) is 38.6 Å². The van der Waals surface area contributed by atoms with Crippen LogP contribution in [0.4, 0.5) is 0 Å². The van der Waals surface area contributed by atoms with Gasteiger partial charge in [-0.25, -0.2) is 0 Å². The maximum atomic E-state index is 11.5. The van der Waals surface area contributed by atoms with Crippen molar-refractivity contribution < 1.29 is 0 Å². The van der Waals surface area contributed by atoms with E-state index in [1.165, 1.54) is 32.1 Å². The molecule has 1 aliphatic carbocycles. The van der Waals surface area contributed by atoms with Gasteiger partial charge in [-0.15, -0.1) is 0 Å². The third-order valence-corrected chi connectivity index (χ3v) is 3.08. The van der Waals surface area contributed by atoms with E-state index in [1.807, 2.05) is 16.8 Å². The van der Waals surface area contributed by atoms with Crippen molar-refractivity contribution in [1.82, 2.24) is 4.57 Å². The zero-order chi connectivity index (χ0) is 9.80. The molecule has 0 bridgehead atoms. The van der Waals surface area contributed by atoms with Crippen LogP contribution in [0, 0.1) is 5.92 Å². The lowest BCUT2D eigenvalue weighted by Gasteiger charge is -2.22. The first-order valence-corrected chi connectivity index (χ1v) is 5.52. The summed E-state index contributed by atoms with van der Waals surface area (Å²) in [4.78, 5) is 11.5. The fraction of sp³-hybridized carbons (Fsp3) is 0.583. The summed E-state index contributed by atoms with van der Waals surface area (Å²) in [7, 11) is 0. The van der Waals surface area contributed by atoms with E-state index in [-0.39, 0.29) is 5.56 Å². The SMILES string of the molecule is O=c1ccccn1CC1CCCCC1. The van der Waals surface area contributed by atoms with Crippen LogP contribution < -0.4 is 5.56 Å². The highest BCUT2D eigenvalue weighted by atomic mass is 16.1. The van der Waals surface area contributed by atoms with Gasteiger partial charge in [0.2, 0.25) is 0 Å². The van der Waals surface area contributed by atoms with Crippen molar-refractivity contribution in [3.63, 3.8) is 0 Å². The molecule has 0 N–H and O–H groups in total. The van der Waals surface area contributed by atoms with Crippen LogP contribution in [0.1, 0.15) is 32.1 Å². The van der Waals surface area contributed by atoms with Crippen molar-refractivity contribution in [2.24, 2.45) is 5.92 Å². The fourth-order valence-corrected chi connectivity index (χ4v) is 2.26. The molecule has 0 aliphatic heterocycles. The van der Waals surface area contributed by atoms with Gasteiger partial charge in [0.25, 0.3) is 5.56 Å². The van der Waals surface area contributed by atoms with Crippen LogP contribution in [0.5, 0.6) is 0 Å². The second kappa shape index (κ2) is 4.45. The lowest BCUT2D eigenvalue weighted by Crippen LogP contribution is -2.23. The third-order valence-electron chi connectivity index (χ3n) is 3.08. The molecule has 1 saturated carbocycles. The van der Waals surface area contributed by atoms with Crippen LogP contribution in [-0.4, -0.2) is 4.57 Å². The van der Waals surface area contributed by atoms with Gasteiger partial charge >= 0.3 is 0 Å². The van der Waals surface area contributed by atoms with E-state index in [9.17, 15) is 4.79 Å². The van der Waals surface area contributed by atoms with Gasteiger partial charge in [-0.3, -0.25) is 4.79 Å². The number of hydrogen-bond acceptors (Lipinski definition) is 1. The first-order chi connectivity index (χ1) is 6.86. The molecule has 0 aromatic carbocycles. The molecule has 0 saturated heterocycles. The van der Waals surface area contributed by atoms with E-state index >= 15 is 0 Å². The maximum absolute atomic E-state index is 11.5. The van der Waals surface area contributed by atoms with E-state index in [4.69, 9.17) is 0 Å². The highest BCUT2D eigenvalue weighted by Crippen LogP contribution is 2.24. The van der Waals surface area contributed by atoms with Gasteiger partial charge in [0.1, 0.15) is 0 Å². The van der Waals surface area contributed by atoms with Crippen LogP contribution in [0.25, 0.3) is 0 Å². The fourth-order valence-electron chi connectivity index (χ4n) is 2.26. The van der Waals surface area contributed by atoms with Crippen molar-refractivity contribution in [3.05, 3.63) is 34.7 Å². The first kappa shape index (κ1) is 9.50. The molecule has 2 rings (SSSR count). The lowest BCUT2D eigenvalue weighted by atomic mass is 9.89. The van der Waals surface area contributed by atoms with Gasteiger partial charge in [0.15, 0.2) is 0 Å². The monoisotopic (exact) mass is 191 g/mol. The van der Waals surface area contributed by atoms with Gasteiger partial charge in [-0.1, -0.05) is 25.3 Å². The van der Waals surface area contributed by atoms with Crippen LogP contribution in [0.3, 0.4) is 0 Å². The zero-order valence-electron chi connectivity index (χ0n) is 8.48. The summed E-state index contributed by atoms with van der Waals surface area (Å²) >= 11 is 0. The highest BCUT2D eigenvalue weighted by Gasteiger charge is 2.13. The summed E-state index contributed by atoms with van der Waals surface area (Å²) in [6.07, 6.45) is 8.54. The molecular weight excluding hydrogens is 174 g/mol. The predicted octanol–water partition coefficient (Wildman–Crippen LogP) is 2.43. The summed E-state index contributed by atoms with van der Waals surface area (Å²) < 4.78 is 1.84. The summed E-state index contributed by atoms with van der Waals surface area (Å²) in [5.74, 6) is 0.726. The molecule has 0 atom stereocenters. The first-order valence-electron chi connectivity index (χ1n) is 5.52. The standard InChI is InChI=1S/C12H17NO/c14-12-8-4-5-9-13(12)10-11-6-2-1-3-7-11/h4-5,8-9,11H,1-3,6-7,10H2. The minimum atomic E-state index is 0.137. The smallest absolute Gasteiger partial charge is 0.250 e. The van der Waals surface area contributed by atoms with Crippen LogP contribution in [0.15, 0.2) is 29.2 Å². The second-order valence-corrected chi connectivity index (χ2v) is 4.20. The largest absolute Gasteiger partial charge is 0.315 e. The Bertz CT molecular complexity index is 336. The molecule has 14 heavy (non-hydrogen) atoms. The second-order valence-electron chi connectivity index (χ2n) is 4.20. The molecule has 76 valence electrons. The molecule has 2 heteroatoms. The Kier molecular flexibility index (Phi) is 3.02. The molecule has 1 aromatic heterocycles. The summed E-state index contributed by atoms with van der Waals surface area (Å²) in [5.41, 5.74) is 0.137. The van der Waals surface area contributed by atoms with E-state index in [1.54, 1.807) is 12.1 Å². The molecule has 0 amide bonds. The van der Waals surface area contributed by atoms with Crippen molar-refractivity contribution in [1.29, 1.82) is 0 Å². The van der Waals surface area contributed by atoms with Gasteiger partial charge < -0.3 is 4.57 Å². The highest BCUT2D eigenvalue weighted by molar-refractivity contribution is 4.93. The molecule has 2 nitrogen and oxygen atoms in total. The maximum Gasteiger partial charge on any atom is 0.250 e. The van der Waals surface area contributed by atoms with Crippen molar-refractivity contribution >= 4 is 0 Å². The molecular formula is C12H17NO. The molecule has 0 unspecified atom stereocenters. The summed E-state index contributed by atoms with van der Waals surface area (Å²) in [6.45, 7) is 0.916. The Morgan fingerprint density at radius 2 is 2.00 bits per heavy atom. The summed E-state index contributed by atoms with van der Waals surface area (Å²) in [5, 5.41) is 0. The van der Waals surface area contributed by atoms with Gasteiger partial charge in [-0.2, -0.15) is 0 Å². The Morgan fingerprint density at radius 1 is 1.21 bits per heavy atom. The van der Waals surface area contributed by atoms with Gasteiger partial charge in [0, 0.05) is 18.8 Å². The Hall–Kier alpha value is -1.05. The number of hydrogen-bond donors (Lipinski definition) is 0. The van der Waals surface area contributed by atoms with E-state index in [0.717, 1.165) is 12.5 Å². The molecule has 1 aliphatic rings. The normalized spacial score (nSPS) is 18.3. The molecule has 1 aromatic rings. The topological polar surface area (TPSA) is 22.0 Å². The average molecular weight is 191 g/mol. The molecule has 0 radical (unpaired) electrons. The van der Waals surface area contributed by atoms with Gasteiger partial charge in [-0.05, 0) is 24.8 Å². The molecule has 1 heterocycles. The van der Waals surface area contributed by atoms with Crippen LogP contribution >= 0.6 is 0 Å². The number of aromatic nitrogens is 1. The third kappa shape index (κ3) is 2.25. The molecule has 0 spiro atoms. The van der Waals surface area contributed by atoms with Crippen LogP contribution in [-0.2, 0) is 6.54 Å². The summed E-state index contributed by atoms with van der Waals surface area (Å²) in [6, 6.07) is 5.38. The Labute approximate surface area is 84.6 Å². The Morgan fingerprint density at radius 3 is 2.71 bits per heavy atom. The zero-order valence-corrected chi connectivity index (χ0v) is 8.48. The van der Waals surface area contributed by atoms with Crippen molar-refractivity contribution in [2.75, 3.05) is 0 Å². The Balaban J connectivity index is 2.03. The van der Waals surface area contributed by atoms with Crippen LogP contribution in [0.2, 0.25) is 0 Å². The number of nitrogens with zero attached hydrogens (tertiary/aromatic N) is 1. The predicted molar refractivity (Wildman–Crippen MR) is 57.3 cm³/mol.